The normalized spacial score (nSPS) is 13.9. The lowest BCUT2D eigenvalue weighted by Crippen LogP contribution is -2.26. The SMILES string of the molecule is C[S@](=O)C[C@H](NCc1ccc(Cl)cc1F)c1ccccc1. The third-order valence-electron chi connectivity index (χ3n) is 3.16. The molecule has 0 aliphatic carbocycles. The second kappa shape index (κ2) is 7.69. The predicted molar refractivity (Wildman–Crippen MR) is 86.4 cm³/mol. The van der Waals surface area contributed by atoms with Crippen molar-refractivity contribution in [1.82, 2.24) is 5.32 Å². The first-order valence-corrected chi connectivity index (χ1v) is 8.69. The Morgan fingerprint density at radius 3 is 2.57 bits per heavy atom. The van der Waals surface area contributed by atoms with Gasteiger partial charge in [0.2, 0.25) is 0 Å². The van der Waals surface area contributed by atoms with E-state index < -0.39 is 10.8 Å². The molecule has 0 saturated heterocycles. The summed E-state index contributed by atoms with van der Waals surface area (Å²) in [5.41, 5.74) is 1.59. The van der Waals surface area contributed by atoms with Crippen LogP contribution in [0.1, 0.15) is 17.2 Å². The molecule has 0 fully saturated rings. The van der Waals surface area contributed by atoms with Crippen molar-refractivity contribution in [3.05, 3.63) is 70.5 Å². The zero-order valence-corrected chi connectivity index (χ0v) is 13.3. The van der Waals surface area contributed by atoms with Gasteiger partial charge in [-0.1, -0.05) is 48.0 Å². The summed E-state index contributed by atoms with van der Waals surface area (Å²) in [6.07, 6.45) is 1.67. The average Bonchev–Trinajstić information content (AvgIpc) is 2.45. The fourth-order valence-electron chi connectivity index (χ4n) is 2.09. The van der Waals surface area contributed by atoms with E-state index in [0.29, 0.717) is 22.9 Å². The smallest absolute Gasteiger partial charge is 0.129 e. The first kappa shape index (κ1) is 16.1. The maximum absolute atomic E-state index is 13.8. The minimum absolute atomic E-state index is 0.0767. The highest BCUT2D eigenvalue weighted by atomic mass is 35.5. The molecule has 2 aromatic rings. The molecular weight excluding hydrogens is 309 g/mol. The predicted octanol–water partition coefficient (Wildman–Crippen LogP) is 3.69. The second-order valence-corrected chi connectivity index (χ2v) is 6.74. The van der Waals surface area contributed by atoms with Crippen LogP contribution in [0, 0.1) is 5.82 Å². The summed E-state index contributed by atoms with van der Waals surface area (Å²) in [5.74, 6) is 0.151. The highest BCUT2D eigenvalue weighted by Gasteiger charge is 2.13. The van der Waals surface area contributed by atoms with Crippen LogP contribution in [0.15, 0.2) is 48.5 Å². The van der Waals surface area contributed by atoms with E-state index in [4.69, 9.17) is 11.6 Å². The van der Waals surface area contributed by atoms with Crippen LogP contribution in [0.5, 0.6) is 0 Å². The van der Waals surface area contributed by atoms with E-state index in [1.54, 1.807) is 18.4 Å². The molecule has 0 amide bonds. The third kappa shape index (κ3) is 4.92. The van der Waals surface area contributed by atoms with Gasteiger partial charge < -0.3 is 5.32 Å². The van der Waals surface area contributed by atoms with Gasteiger partial charge in [0.25, 0.3) is 0 Å². The fourth-order valence-corrected chi connectivity index (χ4v) is 3.03. The molecule has 2 nitrogen and oxygen atoms in total. The summed E-state index contributed by atoms with van der Waals surface area (Å²) in [6.45, 7) is 0.361. The lowest BCUT2D eigenvalue weighted by atomic mass is 10.1. The summed E-state index contributed by atoms with van der Waals surface area (Å²) in [4.78, 5) is 0. The van der Waals surface area contributed by atoms with Crippen LogP contribution in [0.4, 0.5) is 4.39 Å². The molecule has 0 heterocycles. The molecule has 21 heavy (non-hydrogen) atoms. The van der Waals surface area contributed by atoms with Crippen LogP contribution in [0.25, 0.3) is 0 Å². The van der Waals surface area contributed by atoms with Crippen LogP contribution >= 0.6 is 11.6 Å². The van der Waals surface area contributed by atoms with E-state index in [0.717, 1.165) is 5.56 Å². The molecule has 0 aliphatic rings. The lowest BCUT2D eigenvalue weighted by Gasteiger charge is -2.18. The van der Waals surface area contributed by atoms with Gasteiger partial charge in [0.05, 0.1) is 0 Å². The maximum Gasteiger partial charge on any atom is 0.129 e. The lowest BCUT2D eigenvalue weighted by molar-refractivity contribution is 0.545. The van der Waals surface area contributed by atoms with Gasteiger partial charge in [-0.15, -0.1) is 0 Å². The van der Waals surface area contributed by atoms with Crippen LogP contribution in [-0.4, -0.2) is 16.2 Å². The maximum atomic E-state index is 13.8. The molecule has 0 spiro atoms. The number of rotatable bonds is 6. The van der Waals surface area contributed by atoms with Crippen LogP contribution in [-0.2, 0) is 17.3 Å². The van der Waals surface area contributed by atoms with Gasteiger partial charge in [0, 0.05) is 46.0 Å². The van der Waals surface area contributed by atoms with E-state index >= 15 is 0 Å². The second-order valence-electron chi connectivity index (χ2n) is 4.82. The molecule has 0 bridgehead atoms. The number of nitrogens with one attached hydrogen (secondary N) is 1. The Bertz CT molecular complexity index is 621. The van der Waals surface area contributed by atoms with Crippen molar-refractivity contribution in [2.24, 2.45) is 0 Å². The minimum atomic E-state index is -0.940. The van der Waals surface area contributed by atoms with Crippen LogP contribution in [0.3, 0.4) is 0 Å². The van der Waals surface area contributed by atoms with Gasteiger partial charge >= 0.3 is 0 Å². The molecule has 112 valence electrons. The van der Waals surface area contributed by atoms with E-state index in [9.17, 15) is 8.60 Å². The van der Waals surface area contributed by atoms with Crippen molar-refractivity contribution >= 4 is 22.4 Å². The quantitative estimate of drug-likeness (QED) is 0.877. The van der Waals surface area contributed by atoms with Gasteiger partial charge in [0.1, 0.15) is 5.82 Å². The van der Waals surface area contributed by atoms with E-state index in [1.807, 2.05) is 30.3 Å². The topological polar surface area (TPSA) is 29.1 Å². The number of hydrogen-bond donors (Lipinski definition) is 1. The van der Waals surface area contributed by atoms with Crippen LogP contribution in [0.2, 0.25) is 5.02 Å². The van der Waals surface area contributed by atoms with Crippen molar-refractivity contribution in [3.63, 3.8) is 0 Å². The zero-order valence-electron chi connectivity index (χ0n) is 11.7. The number of hydrogen-bond acceptors (Lipinski definition) is 2. The molecule has 0 radical (unpaired) electrons. The molecular formula is C16H17ClFNOS. The number of halogens is 2. The Kier molecular flexibility index (Phi) is 5.91. The van der Waals surface area contributed by atoms with E-state index in [-0.39, 0.29) is 11.9 Å². The fraction of sp³-hybridized carbons (Fsp3) is 0.250. The summed E-state index contributed by atoms with van der Waals surface area (Å²) >= 11 is 5.74. The summed E-state index contributed by atoms with van der Waals surface area (Å²) in [5, 5.41) is 3.65. The molecule has 2 rings (SSSR count). The highest BCUT2D eigenvalue weighted by Crippen LogP contribution is 2.18. The Morgan fingerprint density at radius 1 is 1.24 bits per heavy atom. The van der Waals surface area contributed by atoms with E-state index in [2.05, 4.69) is 5.32 Å². The standard InChI is InChI=1S/C16H17ClFNOS/c1-21(20)11-16(12-5-3-2-4-6-12)19-10-13-7-8-14(17)9-15(13)18/h2-9,16,19H,10-11H2,1H3/t16-,21-/m0/s1. The van der Waals surface area contributed by atoms with Crippen molar-refractivity contribution < 1.29 is 8.60 Å². The van der Waals surface area contributed by atoms with Crippen molar-refractivity contribution in [2.75, 3.05) is 12.0 Å². The zero-order chi connectivity index (χ0) is 15.2. The van der Waals surface area contributed by atoms with Crippen molar-refractivity contribution in [3.8, 4) is 0 Å². The number of benzene rings is 2. The third-order valence-corrected chi connectivity index (χ3v) is 4.20. The molecule has 5 heteroatoms. The monoisotopic (exact) mass is 325 g/mol. The van der Waals surface area contributed by atoms with Gasteiger partial charge in [0.15, 0.2) is 0 Å². The van der Waals surface area contributed by atoms with Gasteiger partial charge in [-0.25, -0.2) is 4.39 Å². The van der Waals surface area contributed by atoms with Crippen molar-refractivity contribution in [1.29, 1.82) is 0 Å². The first-order valence-electron chi connectivity index (χ1n) is 6.58. The highest BCUT2D eigenvalue weighted by molar-refractivity contribution is 7.84. The molecule has 2 atom stereocenters. The van der Waals surface area contributed by atoms with Crippen molar-refractivity contribution in [2.45, 2.75) is 12.6 Å². The molecule has 0 aliphatic heterocycles. The first-order chi connectivity index (χ1) is 10.1. The largest absolute Gasteiger partial charge is 0.305 e. The Balaban J connectivity index is 2.10. The van der Waals surface area contributed by atoms with Crippen LogP contribution < -0.4 is 5.32 Å². The summed E-state index contributed by atoms with van der Waals surface area (Å²) in [7, 11) is -0.940. The molecule has 0 unspecified atom stereocenters. The Morgan fingerprint density at radius 2 is 1.95 bits per heavy atom. The van der Waals surface area contributed by atoms with E-state index in [1.165, 1.54) is 6.07 Å². The average molecular weight is 326 g/mol. The van der Waals surface area contributed by atoms with Gasteiger partial charge in [-0.2, -0.15) is 0 Å². The molecule has 0 saturated carbocycles. The molecule has 0 aromatic heterocycles. The minimum Gasteiger partial charge on any atom is -0.305 e. The Hall–Kier alpha value is -1.23. The molecule has 2 aromatic carbocycles. The van der Waals surface area contributed by atoms with Gasteiger partial charge in [-0.3, -0.25) is 4.21 Å². The Labute approximate surface area is 131 Å². The molecule has 1 N–H and O–H groups in total. The summed E-state index contributed by atoms with van der Waals surface area (Å²) in [6, 6.07) is 14.3. The summed E-state index contributed by atoms with van der Waals surface area (Å²) < 4.78 is 25.3. The van der Waals surface area contributed by atoms with Gasteiger partial charge in [-0.05, 0) is 17.7 Å².